The van der Waals surface area contributed by atoms with Gasteiger partial charge in [0.2, 0.25) is 0 Å². The van der Waals surface area contributed by atoms with E-state index >= 15 is 0 Å². The van der Waals surface area contributed by atoms with Crippen molar-refractivity contribution in [3.8, 4) is 0 Å². The smallest absolute Gasteiger partial charge is 0.0434 e. The third-order valence-corrected chi connectivity index (χ3v) is 1.59. The van der Waals surface area contributed by atoms with Gasteiger partial charge in [-0.05, 0) is 12.3 Å². The molecule has 0 aromatic rings. The Balaban J connectivity index is 3.32. The van der Waals surface area contributed by atoms with Gasteiger partial charge in [0.15, 0.2) is 0 Å². The highest BCUT2D eigenvalue weighted by Crippen LogP contribution is 2.02. The molecule has 0 aliphatic carbocycles. The van der Waals surface area contributed by atoms with Crippen LogP contribution in [0.3, 0.4) is 0 Å². The van der Waals surface area contributed by atoms with Crippen LogP contribution in [0.1, 0.15) is 13.3 Å². The summed E-state index contributed by atoms with van der Waals surface area (Å²) in [4.78, 5) is 0. The van der Waals surface area contributed by atoms with Crippen molar-refractivity contribution in [1.29, 1.82) is 0 Å². The fraction of sp³-hybridized carbons (Fsp3) is 1.00. The van der Waals surface area contributed by atoms with E-state index in [0.29, 0.717) is 12.5 Å². The van der Waals surface area contributed by atoms with Crippen LogP contribution in [0.4, 0.5) is 0 Å². The van der Waals surface area contributed by atoms with E-state index in [2.05, 4.69) is 0 Å². The van der Waals surface area contributed by atoms with E-state index in [1.54, 1.807) is 0 Å². The van der Waals surface area contributed by atoms with Crippen LogP contribution in [-0.2, 0) is 0 Å². The molecule has 0 spiro atoms. The van der Waals surface area contributed by atoms with Crippen LogP contribution in [0.5, 0.6) is 0 Å². The molecule has 2 atom stereocenters. The van der Waals surface area contributed by atoms with Gasteiger partial charge in [-0.2, -0.15) is 0 Å². The lowest BCUT2D eigenvalue weighted by atomic mass is 10.00. The molecule has 0 aromatic heterocycles. The van der Waals surface area contributed by atoms with Crippen LogP contribution in [-0.4, -0.2) is 24.3 Å². The molecule has 3 nitrogen and oxygen atoms in total. The minimum Gasteiger partial charge on any atom is -0.396 e. The number of hydrogen-bond acceptors (Lipinski definition) is 3. The first-order valence-electron chi connectivity index (χ1n) is 3.28. The molecule has 0 bridgehead atoms. The van der Waals surface area contributed by atoms with Gasteiger partial charge in [-0.3, -0.25) is 0 Å². The lowest BCUT2D eigenvalue weighted by Crippen LogP contribution is -2.36. The van der Waals surface area contributed by atoms with E-state index in [0.717, 1.165) is 6.42 Å². The van der Waals surface area contributed by atoms with Crippen molar-refractivity contribution in [1.82, 2.24) is 0 Å². The van der Waals surface area contributed by atoms with E-state index in [9.17, 15) is 0 Å². The van der Waals surface area contributed by atoms with E-state index in [1.165, 1.54) is 0 Å². The third kappa shape index (κ3) is 3.46. The van der Waals surface area contributed by atoms with Crippen molar-refractivity contribution in [3.05, 3.63) is 0 Å². The molecule has 0 saturated heterocycles. The molecule has 0 aliphatic rings. The first-order valence-corrected chi connectivity index (χ1v) is 3.28. The van der Waals surface area contributed by atoms with E-state index in [4.69, 9.17) is 16.6 Å². The predicted molar refractivity (Wildman–Crippen MR) is 37.9 cm³/mol. The molecule has 2 unspecified atom stereocenters. The number of rotatable bonds is 4. The second kappa shape index (κ2) is 4.73. The minimum absolute atomic E-state index is 0.0390. The molecular weight excluding hydrogens is 116 g/mol. The van der Waals surface area contributed by atoms with Crippen molar-refractivity contribution < 1.29 is 5.11 Å². The second-order valence-electron chi connectivity index (χ2n) is 2.39. The molecule has 0 amide bonds. The molecule has 56 valence electrons. The minimum atomic E-state index is 0.0390. The maximum absolute atomic E-state index is 8.48. The third-order valence-electron chi connectivity index (χ3n) is 1.59. The summed E-state index contributed by atoms with van der Waals surface area (Å²) in [7, 11) is 0. The normalized spacial score (nSPS) is 17.3. The molecule has 0 aliphatic heterocycles. The van der Waals surface area contributed by atoms with Crippen LogP contribution in [0.2, 0.25) is 0 Å². The van der Waals surface area contributed by atoms with Gasteiger partial charge in [0.05, 0.1) is 0 Å². The number of nitrogens with two attached hydrogens (primary N) is 2. The van der Waals surface area contributed by atoms with Gasteiger partial charge in [-0.15, -0.1) is 0 Å². The van der Waals surface area contributed by atoms with Crippen molar-refractivity contribution in [2.75, 3.05) is 13.2 Å². The van der Waals surface area contributed by atoms with E-state index in [1.807, 2.05) is 6.92 Å². The van der Waals surface area contributed by atoms with Crippen molar-refractivity contribution in [2.24, 2.45) is 17.4 Å². The summed E-state index contributed by atoms with van der Waals surface area (Å²) in [5, 5.41) is 8.48. The summed E-state index contributed by atoms with van der Waals surface area (Å²) >= 11 is 0. The van der Waals surface area contributed by atoms with Gasteiger partial charge in [0.1, 0.15) is 0 Å². The van der Waals surface area contributed by atoms with Gasteiger partial charge in [0.25, 0.3) is 0 Å². The Hall–Kier alpha value is -0.120. The zero-order chi connectivity index (χ0) is 7.28. The summed E-state index contributed by atoms with van der Waals surface area (Å²) in [6.07, 6.45) is 0.748. The topological polar surface area (TPSA) is 72.3 Å². The van der Waals surface area contributed by atoms with Crippen molar-refractivity contribution >= 4 is 0 Å². The maximum atomic E-state index is 8.48. The van der Waals surface area contributed by atoms with Crippen LogP contribution in [0.15, 0.2) is 0 Å². The van der Waals surface area contributed by atoms with E-state index in [-0.39, 0.29) is 12.6 Å². The highest BCUT2D eigenvalue weighted by molar-refractivity contribution is 4.68. The summed E-state index contributed by atoms with van der Waals surface area (Å²) < 4.78 is 0. The highest BCUT2D eigenvalue weighted by atomic mass is 16.3. The van der Waals surface area contributed by atoms with Gasteiger partial charge < -0.3 is 16.6 Å². The lowest BCUT2D eigenvalue weighted by Gasteiger charge is -2.15. The molecule has 0 rings (SSSR count). The van der Waals surface area contributed by atoms with Crippen molar-refractivity contribution in [2.45, 2.75) is 19.4 Å². The summed E-state index contributed by atoms with van der Waals surface area (Å²) in [6.45, 7) is 2.70. The van der Waals surface area contributed by atoms with Crippen LogP contribution in [0.25, 0.3) is 0 Å². The average Bonchev–Trinajstić information content (AvgIpc) is 1.87. The standard InChI is InChI=1S/C6H16N2O/c1-5(2-3-9)6(8)4-7/h5-6,9H,2-4,7-8H2,1H3. The Morgan fingerprint density at radius 3 is 2.44 bits per heavy atom. The van der Waals surface area contributed by atoms with Gasteiger partial charge in [-0.1, -0.05) is 6.92 Å². The average molecular weight is 132 g/mol. The second-order valence-corrected chi connectivity index (χ2v) is 2.39. The largest absolute Gasteiger partial charge is 0.396 e. The lowest BCUT2D eigenvalue weighted by molar-refractivity contribution is 0.251. The monoisotopic (exact) mass is 132 g/mol. The number of aliphatic hydroxyl groups excluding tert-OH is 1. The molecule has 0 radical (unpaired) electrons. The SMILES string of the molecule is CC(CCO)C(N)CN. The van der Waals surface area contributed by atoms with Crippen LogP contribution < -0.4 is 11.5 Å². The first kappa shape index (κ1) is 8.88. The molecule has 0 heterocycles. The Morgan fingerprint density at radius 1 is 1.56 bits per heavy atom. The van der Waals surface area contributed by atoms with Gasteiger partial charge in [-0.25, -0.2) is 0 Å². The van der Waals surface area contributed by atoms with Crippen molar-refractivity contribution in [3.63, 3.8) is 0 Å². The van der Waals surface area contributed by atoms with Crippen LogP contribution >= 0.6 is 0 Å². The summed E-state index contributed by atoms with van der Waals surface area (Å²) in [6, 6.07) is 0.0390. The molecule has 0 saturated carbocycles. The van der Waals surface area contributed by atoms with Gasteiger partial charge >= 0.3 is 0 Å². The predicted octanol–water partition coefficient (Wildman–Crippen LogP) is -0.709. The highest BCUT2D eigenvalue weighted by Gasteiger charge is 2.08. The molecule has 0 aromatic carbocycles. The molecule has 5 N–H and O–H groups in total. The number of hydrogen-bond donors (Lipinski definition) is 3. The van der Waals surface area contributed by atoms with Crippen LogP contribution in [0, 0.1) is 5.92 Å². The Bertz CT molecular complexity index is 68.1. The van der Waals surface area contributed by atoms with E-state index < -0.39 is 0 Å². The molecular formula is C6H16N2O. The summed E-state index contributed by atoms with van der Waals surface area (Å²) in [5.74, 6) is 0.333. The fourth-order valence-electron chi connectivity index (χ4n) is 0.650. The quantitative estimate of drug-likeness (QED) is 0.473. The number of aliphatic hydroxyl groups is 1. The Labute approximate surface area is 56.0 Å². The maximum Gasteiger partial charge on any atom is 0.0434 e. The molecule has 9 heavy (non-hydrogen) atoms. The fourth-order valence-corrected chi connectivity index (χ4v) is 0.650. The Morgan fingerprint density at radius 2 is 2.11 bits per heavy atom. The molecule has 0 fully saturated rings. The molecule has 3 heteroatoms. The first-order chi connectivity index (χ1) is 4.22. The zero-order valence-electron chi connectivity index (χ0n) is 5.88. The summed E-state index contributed by atoms with van der Waals surface area (Å²) in [5.41, 5.74) is 10.9. The zero-order valence-corrected chi connectivity index (χ0v) is 5.88. The van der Waals surface area contributed by atoms with Gasteiger partial charge in [0, 0.05) is 19.2 Å². The Kier molecular flexibility index (Phi) is 4.67.